The van der Waals surface area contributed by atoms with Gasteiger partial charge in [-0.2, -0.15) is 0 Å². The molecule has 0 unspecified atom stereocenters. The van der Waals surface area contributed by atoms with E-state index in [1.807, 2.05) is 30.3 Å². The van der Waals surface area contributed by atoms with E-state index in [1.54, 1.807) is 16.8 Å². The van der Waals surface area contributed by atoms with Crippen molar-refractivity contribution in [2.75, 3.05) is 26.7 Å². The van der Waals surface area contributed by atoms with Crippen LogP contribution in [0.5, 0.6) is 0 Å². The Hall–Kier alpha value is -2.76. The molecule has 2 fully saturated rings. The van der Waals surface area contributed by atoms with Crippen LogP contribution in [0.3, 0.4) is 0 Å². The molecule has 0 bridgehead atoms. The largest absolute Gasteiger partial charge is 0.345 e. The summed E-state index contributed by atoms with van der Waals surface area (Å²) in [5.41, 5.74) is 0.484. The van der Waals surface area contributed by atoms with Gasteiger partial charge in [-0.25, -0.2) is 8.78 Å². The number of halogens is 2. The molecule has 28 heavy (non-hydrogen) atoms. The summed E-state index contributed by atoms with van der Waals surface area (Å²) in [6.07, 6.45) is 0.368. The Labute approximate surface area is 162 Å². The zero-order chi connectivity index (χ0) is 19.9. The lowest BCUT2D eigenvalue weighted by molar-refractivity contribution is -0.135. The molecular formula is C22H22F2N2O2. The van der Waals surface area contributed by atoms with Crippen LogP contribution >= 0.6 is 0 Å². The highest BCUT2D eigenvalue weighted by atomic mass is 19.2. The topological polar surface area (TPSA) is 40.6 Å². The Morgan fingerprint density at radius 2 is 1.89 bits per heavy atom. The highest BCUT2D eigenvalue weighted by Gasteiger charge is 2.57. The van der Waals surface area contributed by atoms with Crippen molar-refractivity contribution in [1.82, 2.24) is 9.80 Å². The van der Waals surface area contributed by atoms with Crippen molar-refractivity contribution in [3.05, 3.63) is 71.3 Å². The third-order valence-corrected chi connectivity index (χ3v) is 6.12. The van der Waals surface area contributed by atoms with E-state index >= 15 is 0 Å². The third-order valence-electron chi connectivity index (χ3n) is 6.12. The van der Waals surface area contributed by atoms with Crippen LogP contribution in [0.1, 0.15) is 23.5 Å². The summed E-state index contributed by atoms with van der Waals surface area (Å²) in [5.74, 6) is -2.16. The van der Waals surface area contributed by atoms with Crippen LogP contribution < -0.4 is 0 Å². The molecule has 2 amide bonds. The monoisotopic (exact) mass is 384 g/mol. The van der Waals surface area contributed by atoms with Crippen molar-refractivity contribution in [3.8, 4) is 0 Å². The van der Waals surface area contributed by atoms with Crippen molar-refractivity contribution < 1.29 is 18.4 Å². The maximum Gasteiger partial charge on any atom is 0.231 e. The molecule has 0 radical (unpaired) electrons. The van der Waals surface area contributed by atoms with Gasteiger partial charge < -0.3 is 9.80 Å². The molecule has 1 spiro atoms. The van der Waals surface area contributed by atoms with Gasteiger partial charge >= 0.3 is 0 Å². The molecule has 0 aliphatic carbocycles. The zero-order valence-electron chi connectivity index (χ0n) is 15.7. The van der Waals surface area contributed by atoms with E-state index in [2.05, 4.69) is 0 Å². The Morgan fingerprint density at radius 3 is 2.64 bits per heavy atom. The number of hydrogen-bond donors (Lipinski definition) is 0. The molecule has 146 valence electrons. The van der Waals surface area contributed by atoms with Crippen LogP contribution in [0.2, 0.25) is 0 Å². The molecule has 0 N–H and O–H groups in total. The predicted octanol–water partition coefficient (Wildman–Crippen LogP) is 2.98. The molecule has 6 heteroatoms. The van der Waals surface area contributed by atoms with Gasteiger partial charge in [-0.1, -0.05) is 42.5 Å². The normalized spacial score (nSPS) is 24.4. The standard InChI is InChI=1S/C22H22F2N2O2/c1-25-13-17(15-6-3-2-4-7-15)22(21(25)28)10-11-26(14-22)19(27)12-16-8-5-9-18(23)20(16)24/h2-9,17H,10-14H2,1H3/t17-,22-/m0/s1. The van der Waals surface area contributed by atoms with Gasteiger partial charge in [0.15, 0.2) is 11.6 Å². The van der Waals surface area contributed by atoms with Crippen LogP contribution in [-0.4, -0.2) is 48.3 Å². The Morgan fingerprint density at radius 1 is 1.14 bits per heavy atom. The Kier molecular flexibility index (Phi) is 4.65. The number of benzene rings is 2. The summed E-state index contributed by atoms with van der Waals surface area (Å²) in [7, 11) is 1.79. The summed E-state index contributed by atoms with van der Waals surface area (Å²) in [6, 6.07) is 13.7. The van der Waals surface area contributed by atoms with E-state index in [0.717, 1.165) is 11.6 Å². The average Bonchev–Trinajstić information content (AvgIpc) is 3.25. The van der Waals surface area contributed by atoms with Gasteiger partial charge in [0, 0.05) is 38.2 Å². The maximum atomic E-state index is 13.9. The van der Waals surface area contributed by atoms with Crippen molar-refractivity contribution in [2.45, 2.75) is 18.8 Å². The van der Waals surface area contributed by atoms with Gasteiger partial charge in [-0.15, -0.1) is 0 Å². The van der Waals surface area contributed by atoms with Crippen LogP contribution in [-0.2, 0) is 16.0 Å². The summed E-state index contributed by atoms with van der Waals surface area (Å²) < 4.78 is 27.4. The lowest BCUT2D eigenvalue weighted by atomic mass is 9.73. The van der Waals surface area contributed by atoms with Gasteiger partial charge in [0.25, 0.3) is 0 Å². The van der Waals surface area contributed by atoms with E-state index in [1.165, 1.54) is 12.1 Å². The van der Waals surface area contributed by atoms with Gasteiger partial charge in [0.05, 0.1) is 11.8 Å². The van der Waals surface area contributed by atoms with Crippen LogP contribution in [0.15, 0.2) is 48.5 Å². The second-order valence-electron chi connectivity index (χ2n) is 7.76. The maximum absolute atomic E-state index is 13.9. The zero-order valence-corrected chi connectivity index (χ0v) is 15.7. The van der Waals surface area contributed by atoms with Crippen molar-refractivity contribution in [2.24, 2.45) is 5.41 Å². The average molecular weight is 384 g/mol. The van der Waals surface area contributed by atoms with E-state index in [-0.39, 0.29) is 29.7 Å². The quantitative estimate of drug-likeness (QED) is 0.816. The number of hydrogen-bond acceptors (Lipinski definition) is 2. The molecule has 2 atom stereocenters. The number of carbonyl (C=O) groups excluding carboxylic acids is 2. The van der Waals surface area contributed by atoms with Crippen molar-refractivity contribution in [1.29, 1.82) is 0 Å². The van der Waals surface area contributed by atoms with Gasteiger partial charge in [0.2, 0.25) is 11.8 Å². The second kappa shape index (κ2) is 7.00. The van der Waals surface area contributed by atoms with Crippen molar-refractivity contribution >= 4 is 11.8 Å². The minimum atomic E-state index is -0.983. The fourth-order valence-corrected chi connectivity index (χ4v) is 4.64. The van der Waals surface area contributed by atoms with Gasteiger partial charge in [0.1, 0.15) is 0 Å². The Bertz CT molecular complexity index is 918. The van der Waals surface area contributed by atoms with Crippen LogP contribution in [0.25, 0.3) is 0 Å². The highest BCUT2D eigenvalue weighted by molar-refractivity contribution is 5.89. The number of amides is 2. The SMILES string of the molecule is CN1C[C@@H](c2ccccc2)[C@@]2(CCN(C(=O)Cc3cccc(F)c3F)C2)C1=O. The second-order valence-corrected chi connectivity index (χ2v) is 7.76. The summed E-state index contributed by atoms with van der Waals surface area (Å²) in [4.78, 5) is 29.1. The molecule has 2 saturated heterocycles. The number of nitrogens with zero attached hydrogens (tertiary/aromatic N) is 2. The van der Waals surface area contributed by atoms with Crippen LogP contribution in [0, 0.1) is 17.0 Å². The molecule has 2 aromatic carbocycles. The third kappa shape index (κ3) is 2.97. The van der Waals surface area contributed by atoms with E-state index in [9.17, 15) is 18.4 Å². The minimum absolute atomic E-state index is 0.00917. The van der Waals surface area contributed by atoms with Gasteiger partial charge in [-0.05, 0) is 18.1 Å². The van der Waals surface area contributed by atoms with E-state index in [0.29, 0.717) is 26.1 Å². The molecule has 4 nitrogen and oxygen atoms in total. The number of likely N-dealkylation sites (N-methyl/N-ethyl adjacent to an activating group) is 1. The lowest BCUT2D eigenvalue weighted by Gasteiger charge is -2.28. The first kappa shape index (κ1) is 18.6. The first-order valence-electron chi connectivity index (χ1n) is 9.43. The molecule has 4 rings (SSSR count). The van der Waals surface area contributed by atoms with E-state index < -0.39 is 17.0 Å². The molecule has 2 aliphatic heterocycles. The van der Waals surface area contributed by atoms with E-state index in [4.69, 9.17) is 0 Å². The summed E-state index contributed by atoms with van der Waals surface area (Å²) in [6.45, 7) is 1.37. The molecule has 2 aliphatic rings. The number of carbonyl (C=O) groups is 2. The van der Waals surface area contributed by atoms with Crippen molar-refractivity contribution in [3.63, 3.8) is 0 Å². The first-order valence-corrected chi connectivity index (χ1v) is 9.43. The summed E-state index contributed by atoms with van der Waals surface area (Å²) in [5, 5.41) is 0. The lowest BCUT2D eigenvalue weighted by Crippen LogP contribution is -2.39. The number of likely N-dealkylation sites (tertiary alicyclic amines) is 2. The molecular weight excluding hydrogens is 362 g/mol. The Balaban J connectivity index is 1.56. The summed E-state index contributed by atoms with van der Waals surface area (Å²) >= 11 is 0. The number of rotatable bonds is 3. The predicted molar refractivity (Wildman–Crippen MR) is 101 cm³/mol. The minimum Gasteiger partial charge on any atom is -0.345 e. The molecule has 2 aromatic rings. The van der Waals surface area contributed by atoms with Gasteiger partial charge in [-0.3, -0.25) is 9.59 Å². The molecule has 0 aromatic heterocycles. The fraction of sp³-hybridized carbons (Fsp3) is 0.364. The smallest absolute Gasteiger partial charge is 0.231 e. The fourth-order valence-electron chi connectivity index (χ4n) is 4.64. The first-order chi connectivity index (χ1) is 13.4. The van der Waals surface area contributed by atoms with Crippen LogP contribution in [0.4, 0.5) is 8.78 Å². The molecule has 0 saturated carbocycles. The molecule has 2 heterocycles. The highest BCUT2D eigenvalue weighted by Crippen LogP contribution is 2.49.